The lowest BCUT2D eigenvalue weighted by molar-refractivity contribution is -0.383. The lowest BCUT2D eigenvalue weighted by atomic mass is 9.98. The maximum atomic E-state index is 11.2. The van der Waals surface area contributed by atoms with Crippen molar-refractivity contribution in [2.24, 2.45) is 0 Å². The van der Waals surface area contributed by atoms with Gasteiger partial charge in [0.1, 0.15) is 0 Å². The zero-order valence-electron chi connectivity index (χ0n) is 9.66. The number of benzene rings is 2. The summed E-state index contributed by atoms with van der Waals surface area (Å²) in [7, 11) is 0. The largest absolute Gasteiger partial charge is 0.478 e. The molecule has 0 radical (unpaired) electrons. The van der Waals surface area contributed by atoms with Gasteiger partial charge in [-0.3, -0.25) is 10.1 Å². The van der Waals surface area contributed by atoms with Crippen molar-refractivity contribution in [2.45, 2.75) is 0 Å². The van der Waals surface area contributed by atoms with Crippen LogP contribution in [-0.2, 0) is 0 Å². The molecule has 2 rings (SSSR count). The van der Waals surface area contributed by atoms with Gasteiger partial charge in [-0.15, -0.1) is 0 Å². The van der Waals surface area contributed by atoms with Crippen molar-refractivity contribution < 1.29 is 24.7 Å². The van der Waals surface area contributed by atoms with E-state index < -0.39 is 16.9 Å². The topological polar surface area (TPSA) is 118 Å². The maximum Gasteiger partial charge on any atom is 0.336 e. The van der Waals surface area contributed by atoms with Gasteiger partial charge >= 0.3 is 11.9 Å². The molecular weight excluding hydrogens is 334 g/mol. The summed E-state index contributed by atoms with van der Waals surface area (Å²) in [6, 6.07) is 4.61. The smallest absolute Gasteiger partial charge is 0.336 e. The number of nitrogens with zero attached hydrogens (tertiary/aromatic N) is 1. The number of hydrogen-bond acceptors (Lipinski definition) is 4. The Kier molecular flexibility index (Phi) is 3.41. The second-order valence-electron chi connectivity index (χ2n) is 3.84. The molecule has 0 bridgehead atoms. The first-order valence-electron chi connectivity index (χ1n) is 5.20. The van der Waals surface area contributed by atoms with Gasteiger partial charge in [-0.25, -0.2) is 9.59 Å². The van der Waals surface area contributed by atoms with E-state index >= 15 is 0 Å². The van der Waals surface area contributed by atoms with Crippen molar-refractivity contribution in [3.8, 4) is 0 Å². The van der Waals surface area contributed by atoms with Gasteiger partial charge in [0.15, 0.2) is 0 Å². The molecule has 2 N–H and O–H groups in total. The fraction of sp³-hybridized carbons (Fsp3) is 0. The summed E-state index contributed by atoms with van der Waals surface area (Å²) in [6.07, 6.45) is 0. The van der Waals surface area contributed by atoms with Crippen LogP contribution in [0.1, 0.15) is 20.7 Å². The Hall–Kier alpha value is -2.48. The van der Waals surface area contributed by atoms with Gasteiger partial charge in [-0.1, -0.05) is 0 Å². The van der Waals surface area contributed by atoms with Crippen LogP contribution in [0, 0.1) is 10.1 Å². The highest BCUT2D eigenvalue weighted by molar-refractivity contribution is 9.10. The molecule has 0 aromatic heterocycles. The van der Waals surface area contributed by atoms with Crippen LogP contribution in [0.3, 0.4) is 0 Å². The molecular formula is C12H6BrNO6. The van der Waals surface area contributed by atoms with Gasteiger partial charge in [0.05, 0.1) is 21.4 Å². The summed E-state index contributed by atoms with van der Waals surface area (Å²) >= 11 is 3.09. The number of rotatable bonds is 3. The Labute approximate surface area is 119 Å². The summed E-state index contributed by atoms with van der Waals surface area (Å²) in [4.78, 5) is 32.7. The van der Waals surface area contributed by atoms with Crippen molar-refractivity contribution in [3.05, 3.63) is 50.0 Å². The molecule has 0 unspecified atom stereocenters. The first-order valence-corrected chi connectivity index (χ1v) is 6.00. The summed E-state index contributed by atoms with van der Waals surface area (Å²) in [5.41, 5.74) is -0.964. The molecule has 0 aliphatic heterocycles. The maximum absolute atomic E-state index is 11.2. The van der Waals surface area contributed by atoms with Gasteiger partial charge in [0.25, 0.3) is 5.69 Å². The first-order chi connectivity index (χ1) is 9.34. The zero-order valence-corrected chi connectivity index (χ0v) is 11.2. The molecule has 2 aromatic rings. The fourth-order valence-corrected chi connectivity index (χ4v) is 2.48. The van der Waals surface area contributed by atoms with E-state index in [9.17, 15) is 19.7 Å². The van der Waals surface area contributed by atoms with Crippen molar-refractivity contribution >= 4 is 44.3 Å². The minimum atomic E-state index is -1.36. The van der Waals surface area contributed by atoms with Crippen molar-refractivity contribution in [3.63, 3.8) is 0 Å². The number of carbonyl (C=O) groups is 2. The molecule has 0 saturated heterocycles. The van der Waals surface area contributed by atoms with Gasteiger partial charge in [-0.2, -0.15) is 0 Å². The first kappa shape index (κ1) is 13.9. The van der Waals surface area contributed by atoms with E-state index in [2.05, 4.69) is 15.9 Å². The van der Waals surface area contributed by atoms with Crippen LogP contribution in [0.15, 0.2) is 28.7 Å². The Bertz CT molecular complexity index is 750. The fourth-order valence-electron chi connectivity index (χ4n) is 1.94. The molecule has 0 fully saturated rings. The number of carboxylic acids is 2. The van der Waals surface area contributed by atoms with Crippen LogP contribution in [0.4, 0.5) is 5.69 Å². The molecule has 20 heavy (non-hydrogen) atoms. The van der Waals surface area contributed by atoms with E-state index in [0.29, 0.717) is 0 Å². The van der Waals surface area contributed by atoms with Gasteiger partial charge in [0, 0.05) is 15.9 Å². The molecule has 0 amide bonds. The highest BCUT2D eigenvalue weighted by atomic mass is 79.9. The van der Waals surface area contributed by atoms with E-state index in [1.54, 1.807) is 0 Å². The van der Waals surface area contributed by atoms with Crippen molar-refractivity contribution in [1.82, 2.24) is 0 Å². The average Bonchev–Trinajstić information content (AvgIpc) is 2.37. The number of carboxylic acid groups (broad SMARTS) is 2. The van der Waals surface area contributed by atoms with Crippen LogP contribution in [0.2, 0.25) is 0 Å². The molecule has 0 saturated carbocycles. The number of non-ortho nitro benzene ring substituents is 1. The van der Waals surface area contributed by atoms with Gasteiger partial charge in [0.2, 0.25) is 0 Å². The number of halogens is 1. The standard InChI is InChI=1S/C12H6BrNO6/c13-7-3-1-5(11(15)16)9-6(12(17)18)2-4-8(10(7)9)14(19)20/h1-4H,(H,15,16)(H,17,18). The summed E-state index contributed by atoms with van der Waals surface area (Å²) in [5, 5.41) is 29.1. The Balaban J connectivity index is 3.10. The second-order valence-corrected chi connectivity index (χ2v) is 4.70. The molecule has 0 spiro atoms. The van der Waals surface area contributed by atoms with Gasteiger partial charge < -0.3 is 10.2 Å². The SMILES string of the molecule is O=C(O)c1ccc(Br)c2c([N+](=O)[O-])ccc(C(=O)O)c12. The third kappa shape index (κ3) is 2.10. The van der Waals surface area contributed by atoms with Crippen LogP contribution >= 0.6 is 15.9 Å². The summed E-state index contributed by atoms with van der Waals surface area (Å²) in [6.45, 7) is 0. The van der Waals surface area contributed by atoms with E-state index in [1.165, 1.54) is 12.1 Å². The van der Waals surface area contributed by atoms with Crippen LogP contribution in [0.25, 0.3) is 10.8 Å². The molecule has 0 aliphatic carbocycles. The lowest BCUT2D eigenvalue weighted by Crippen LogP contribution is -2.05. The highest BCUT2D eigenvalue weighted by Gasteiger charge is 2.24. The Morgan fingerprint density at radius 2 is 1.50 bits per heavy atom. The van der Waals surface area contributed by atoms with Crippen LogP contribution in [-0.4, -0.2) is 27.1 Å². The van der Waals surface area contributed by atoms with E-state index in [1.807, 2.05) is 0 Å². The van der Waals surface area contributed by atoms with Gasteiger partial charge in [-0.05, 0) is 34.1 Å². The third-order valence-electron chi connectivity index (χ3n) is 2.75. The predicted molar refractivity (Wildman–Crippen MR) is 72.2 cm³/mol. The van der Waals surface area contributed by atoms with E-state index in [0.717, 1.165) is 12.1 Å². The normalized spacial score (nSPS) is 10.4. The summed E-state index contributed by atoms with van der Waals surface area (Å²) < 4.78 is 0.257. The molecule has 0 aliphatic rings. The second kappa shape index (κ2) is 4.89. The summed E-state index contributed by atoms with van der Waals surface area (Å²) in [5.74, 6) is -2.71. The van der Waals surface area contributed by atoms with Crippen LogP contribution in [0.5, 0.6) is 0 Å². The third-order valence-corrected chi connectivity index (χ3v) is 3.41. The minimum absolute atomic E-state index is 0.0465. The van der Waals surface area contributed by atoms with E-state index in [-0.39, 0.29) is 32.1 Å². The number of nitro benzene ring substituents is 1. The van der Waals surface area contributed by atoms with E-state index in [4.69, 9.17) is 10.2 Å². The Morgan fingerprint density at radius 1 is 1.00 bits per heavy atom. The molecule has 0 heterocycles. The van der Waals surface area contributed by atoms with Crippen LogP contribution < -0.4 is 0 Å². The average molecular weight is 340 g/mol. The molecule has 0 atom stereocenters. The number of nitro groups is 1. The minimum Gasteiger partial charge on any atom is -0.478 e. The quantitative estimate of drug-likeness (QED) is 0.655. The van der Waals surface area contributed by atoms with Crippen molar-refractivity contribution in [2.75, 3.05) is 0 Å². The molecule has 8 heteroatoms. The zero-order chi connectivity index (χ0) is 15.0. The monoisotopic (exact) mass is 339 g/mol. The van der Waals surface area contributed by atoms with Crippen molar-refractivity contribution in [1.29, 1.82) is 0 Å². The number of aromatic carboxylic acids is 2. The number of fused-ring (bicyclic) bond motifs is 1. The number of hydrogen-bond donors (Lipinski definition) is 2. The highest BCUT2D eigenvalue weighted by Crippen LogP contribution is 2.36. The lowest BCUT2D eigenvalue weighted by Gasteiger charge is -2.08. The molecule has 7 nitrogen and oxygen atoms in total. The molecule has 2 aromatic carbocycles. The Morgan fingerprint density at radius 3 is 1.95 bits per heavy atom. The molecule has 102 valence electrons. The predicted octanol–water partition coefficient (Wildman–Crippen LogP) is 2.91.